The fraction of sp³-hybridized carbons (Fsp3) is 0.917. The Morgan fingerprint density at radius 3 is 2.81 bits per heavy atom. The first-order valence-electron chi connectivity index (χ1n) is 5.89. The average molecular weight is 246 g/mol. The zero-order chi connectivity index (χ0) is 12.0. The summed E-state index contributed by atoms with van der Waals surface area (Å²) < 4.78 is 10.1. The van der Waals surface area contributed by atoms with Crippen molar-refractivity contribution in [2.45, 2.75) is 44.0 Å². The monoisotopic (exact) mass is 246 g/mol. The van der Waals surface area contributed by atoms with E-state index < -0.39 is 0 Å². The molecule has 0 amide bonds. The van der Waals surface area contributed by atoms with E-state index in [4.69, 9.17) is 9.47 Å². The van der Waals surface area contributed by atoms with Gasteiger partial charge in [0.15, 0.2) is 0 Å². The minimum absolute atomic E-state index is 0.00192. The predicted molar refractivity (Wildman–Crippen MR) is 66.7 cm³/mol. The van der Waals surface area contributed by atoms with E-state index in [9.17, 15) is 4.79 Å². The molecule has 16 heavy (non-hydrogen) atoms. The second-order valence-electron chi connectivity index (χ2n) is 4.40. The molecular weight excluding hydrogens is 224 g/mol. The molecule has 4 heteroatoms. The first kappa shape index (κ1) is 13.8. The molecule has 0 bridgehead atoms. The van der Waals surface area contributed by atoms with Gasteiger partial charge in [0.2, 0.25) is 0 Å². The molecule has 0 aromatic heterocycles. The van der Waals surface area contributed by atoms with Gasteiger partial charge in [0.1, 0.15) is 0 Å². The van der Waals surface area contributed by atoms with Gasteiger partial charge in [-0.2, -0.15) is 11.8 Å². The van der Waals surface area contributed by atoms with Gasteiger partial charge in [-0.25, -0.2) is 0 Å². The summed E-state index contributed by atoms with van der Waals surface area (Å²) in [6.07, 6.45) is 5.20. The van der Waals surface area contributed by atoms with Crippen LogP contribution in [0.5, 0.6) is 0 Å². The Balaban J connectivity index is 2.24. The number of hydrogen-bond acceptors (Lipinski definition) is 4. The van der Waals surface area contributed by atoms with Crippen LogP contribution in [0.25, 0.3) is 0 Å². The topological polar surface area (TPSA) is 35.5 Å². The Hall–Kier alpha value is -0.220. The van der Waals surface area contributed by atoms with E-state index in [0.717, 1.165) is 12.2 Å². The number of carbonyl (C=O) groups is 1. The summed E-state index contributed by atoms with van der Waals surface area (Å²) in [5, 5.41) is 0.644. The van der Waals surface area contributed by atoms with Crippen LogP contribution in [0, 0.1) is 5.92 Å². The highest BCUT2D eigenvalue weighted by Gasteiger charge is 2.23. The molecule has 3 nitrogen and oxygen atoms in total. The third-order valence-electron chi connectivity index (χ3n) is 3.10. The highest BCUT2D eigenvalue weighted by Crippen LogP contribution is 2.31. The van der Waals surface area contributed by atoms with Gasteiger partial charge in [-0.1, -0.05) is 6.92 Å². The predicted octanol–water partition coefficient (Wildman–Crippen LogP) is 2.49. The Bertz CT molecular complexity index is 220. The standard InChI is InChI=1S/C12H22O3S/c1-9(12(13)15-3)8-16-11-6-4-5-10(7-11)14-2/h9-11H,4-8H2,1-3H3. The second kappa shape index (κ2) is 7.17. The second-order valence-corrected chi connectivity index (χ2v) is 5.74. The lowest BCUT2D eigenvalue weighted by Gasteiger charge is -2.28. The van der Waals surface area contributed by atoms with Crippen molar-refractivity contribution in [3.63, 3.8) is 0 Å². The summed E-state index contributed by atoms with van der Waals surface area (Å²) in [7, 11) is 3.24. The fourth-order valence-corrected chi connectivity index (χ4v) is 3.40. The molecule has 0 saturated heterocycles. The van der Waals surface area contributed by atoms with Crippen molar-refractivity contribution in [3.8, 4) is 0 Å². The minimum atomic E-state index is -0.105. The summed E-state index contributed by atoms with van der Waals surface area (Å²) in [5.41, 5.74) is 0. The zero-order valence-corrected chi connectivity index (χ0v) is 11.2. The van der Waals surface area contributed by atoms with Gasteiger partial charge in [0.05, 0.1) is 19.1 Å². The SMILES string of the molecule is COC(=O)C(C)CSC1CCCC(OC)C1. The largest absolute Gasteiger partial charge is 0.469 e. The van der Waals surface area contributed by atoms with Gasteiger partial charge in [-0.05, 0) is 25.7 Å². The van der Waals surface area contributed by atoms with E-state index in [-0.39, 0.29) is 11.9 Å². The van der Waals surface area contributed by atoms with E-state index >= 15 is 0 Å². The summed E-state index contributed by atoms with van der Waals surface area (Å²) in [6, 6.07) is 0. The molecule has 0 heterocycles. The number of carbonyl (C=O) groups excluding carboxylic acids is 1. The molecule has 0 aromatic carbocycles. The third-order valence-corrected chi connectivity index (χ3v) is 4.69. The first-order valence-corrected chi connectivity index (χ1v) is 6.94. The molecule has 0 aromatic rings. The van der Waals surface area contributed by atoms with E-state index in [1.807, 2.05) is 18.7 Å². The van der Waals surface area contributed by atoms with Crippen molar-refractivity contribution in [2.75, 3.05) is 20.0 Å². The summed E-state index contributed by atoms with van der Waals surface area (Å²) >= 11 is 1.89. The summed E-state index contributed by atoms with van der Waals surface area (Å²) in [6.45, 7) is 1.93. The van der Waals surface area contributed by atoms with Crippen LogP contribution in [-0.4, -0.2) is 37.3 Å². The van der Waals surface area contributed by atoms with Crippen molar-refractivity contribution < 1.29 is 14.3 Å². The molecule has 0 spiro atoms. The molecule has 1 aliphatic carbocycles. The van der Waals surface area contributed by atoms with Crippen LogP contribution in [0.2, 0.25) is 0 Å². The highest BCUT2D eigenvalue weighted by molar-refractivity contribution is 7.99. The molecule has 1 rings (SSSR count). The molecule has 94 valence electrons. The number of thioether (sulfide) groups is 1. The molecule has 1 saturated carbocycles. The maximum atomic E-state index is 11.2. The van der Waals surface area contributed by atoms with Gasteiger partial charge < -0.3 is 9.47 Å². The smallest absolute Gasteiger partial charge is 0.309 e. The van der Waals surface area contributed by atoms with Crippen molar-refractivity contribution in [1.29, 1.82) is 0 Å². The number of esters is 1. The van der Waals surface area contributed by atoms with Gasteiger partial charge in [-0.3, -0.25) is 4.79 Å². The van der Waals surface area contributed by atoms with Gasteiger partial charge >= 0.3 is 5.97 Å². The summed E-state index contributed by atoms with van der Waals surface area (Å²) in [4.78, 5) is 11.2. The van der Waals surface area contributed by atoms with Crippen LogP contribution in [0.4, 0.5) is 0 Å². The van der Waals surface area contributed by atoms with Crippen LogP contribution in [0.3, 0.4) is 0 Å². The molecule has 1 aliphatic rings. The van der Waals surface area contributed by atoms with Gasteiger partial charge in [0.25, 0.3) is 0 Å². The van der Waals surface area contributed by atoms with E-state index in [2.05, 4.69) is 0 Å². The number of rotatable bonds is 5. The third kappa shape index (κ3) is 4.34. The quantitative estimate of drug-likeness (QED) is 0.698. The van der Waals surface area contributed by atoms with Crippen LogP contribution >= 0.6 is 11.8 Å². The lowest BCUT2D eigenvalue weighted by atomic mass is 9.97. The van der Waals surface area contributed by atoms with Gasteiger partial charge in [-0.15, -0.1) is 0 Å². The van der Waals surface area contributed by atoms with Crippen LogP contribution in [0.15, 0.2) is 0 Å². The first-order chi connectivity index (χ1) is 7.67. The molecule has 0 radical (unpaired) electrons. The van der Waals surface area contributed by atoms with Crippen molar-refractivity contribution in [1.82, 2.24) is 0 Å². The van der Waals surface area contributed by atoms with Gasteiger partial charge in [0, 0.05) is 18.1 Å². The average Bonchev–Trinajstić information content (AvgIpc) is 2.35. The van der Waals surface area contributed by atoms with E-state index in [1.165, 1.54) is 26.4 Å². The normalized spacial score (nSPS) is 27.4. The number of methoxy groups -OCH3 is 2. The maximum Gasteiger partial charge on any atom is 0.309 e. The Labute approximate surface area is 102 Å². The molecule has 3 atom stereocenters. The molecule has 0 N–H and O–H groups in total. The Kier molecular flexibility index (Phi) is 6.21. The van der Waals surface area contributed by atoms with Crippen molar-refractivity contribution in [3.05, 3.63) is 0 Å². The lowest BCUT2D eigenvalue weighted by Crippen LogP contribution is -2.25. The Morgan fingerprint density at radius 1 is 1.44 bits per heavy atom. The molecule has 3 unspecified atom stereocenters. The highest BCUT2D eigenvalue weighted by atomic mass is 32.2. The zero-order valence-electron chi connectivity index (χ0n) is 10.4. The molecular formula is C12H22O3S. The maximum absolute atomic E-state index is 11.2. The summed E-state index contributed by atoms with van der Waals surface area (Å²) in [5.74, 6) is 0.748. The van der Waals surface area contributed by atoms with Crippen LogP contribution in [0.1, 0.15) is 32.6 Å². The minimum Gasteiger partial charge on any atom is -0.469 e. The Morgan fingerprint density at radius 2 is 2.19 bits per heavy atom. The lowest BCUT2D eigenvalue weighted by molar-refractivity contribution is -0.143. The van der Waals surface area contributed by atoms with Crippen LogP contribution in [-0.2, 0) is 14.3 Å². The van der Waals surface area contributed by atoms with Crippen molar-refractivity contribution >= 4 is 17.7 Å². The molecule has 1 fully saturated rings. The number of hydrogen-bond donors (Lipinski definition) is 0. The fourth-order valence-electron chi connectivity index (χ4n) is 2.02. The van der Waals surface area contributed by atoms with E-state index in [1.54, 1.807) is 7.11 Å². The molecule has 0 aliphatic heterocycles. The number of ether oxygens (including phenoxy) is 2. The van der Waals surface area contributed by atoms with Crippen LogP contribution < -0.4 is 0 Å². The van der Waals surface area contributed by atoms with E-state index in [0.29, 0.717) is 11.4 Å². The van der Waals surface area contributed by atoms with Crippen molar-refractivity contribution in [2.24, 2.45) is 5.92 Å².